The van der Waals surface area contributed by atoms with Crippen molar-refractivity contribution < 1.29 is 24.2 Å². The van der Waals surface area contributed by atoms with Crippen LogP contribution in [-0.4, -0.2) is 39.4 Å². The van der Waals surface area contributed by atoms with Crippen molar-refractivity contribution in [1.82, 2.24) is 20.0 Å². The van der Waals surface area contributed by atoms with E-state index in [4.69, 9.17) is 9.84 Å². The predicted molar refractivity (Wildman–Crippen MR) is 124 cm³/mol. The quantitative estimate of drug-likeness (QED) is 0.373. The molecule has 0 radical (unpaired) electrons. The summed E-state index contributed by atoms with van der Waals surface area (Å²) in [5, 5.41) is 14.6. The lowest BCUT2D eigenvalue weighted by Crippen LogP contribution is -2.25. The molecule has 9 nitrogen and oxygen atoms in total. The molecule has 0 unspecified atom stereocenters. The average molecular weight is 458 g/mol. The van der Waals surface area contributed by atoms with E-state index in [9.17, 15) is 14.4 Å². The summed E-state index contributed by atoms with van der Waals surface area (Å²) in [4.78, 5) is 40.7. The lowest BCUT2D eigenvalue weighted by atomic mass is 10.1. The number of rotatable bonds is 8. The number of hydrogen-bond acceptors (Lipinski definition) is 5. The van der Waals surface area contributed by atoms with Crippen LogP contribution in [0.4, 0.5) is 0 Å². The molecule has 2 aromatic carbocycles. The Morgan fingerprint density at radius 1 is 0.882 bits per heavy atom. The van der Waals surface area contributed by atoms with Gasteiger partial charge in [0.15, 0.2) is 0 Å². The van der Waals surface area contributed by atoms with Gasteiger partial charge in [-0.2, -0.15) is 0 Å². The van der Waals surface area contributed by atoms with Gasteiger partial charge < -0.3 is 20.5 Å². The Morgan fingerprint density at radius 2 is 1.50 bits per heavy atom. The number of carboxylic acids is 1. The maximum Gasteiger partial charge on any atom is 0.335 e. The van der Waals surface area contributed by atoms with Crippen molar-refractivity contribution in [2.75, 3.05) is 7.11 Å². The normalized spacial score (nSPS) is 10.6. The molecule has 0 aliphatic rings. The van der Waals surface area contributed by atoms with Crippen LogP contribution in [0.3, 0.4) is 0 Å². The molecule has 34 heavy (non-hydrogen) atoms. The minimum Gasteiger partial charge on any atom is -0.497 e. The summed E-state index contributed by atoms with van der Waals surface area (Å²) in [6, 6.07) is 18.7. The van der Waals surface area contributed by atoms with Gasteiger partial charge in [0.05, 0.1) is 12.7 Å². The Bertz CT molecular complexity index is 1340. The van der Waals surface area contributed by atoms with E-state index >= 15 is 0 Å². The third-order valence-electron chi connectivity index (χ3n) is 5.22. The van der Waals surface area contributed by atoms with Crippen LogP contribution in [0.1, 0.15) is 42.5 Å². The first kappa shape index (κ1) is 22.5. The number of carbonyl (C=O) groups is 3. The van der Waals surface area contributed by atoms with Crippen LogP contribution in [0.2, 0.25) is 0 Å². The van der Waals surface area contributed by atoms with E-state index in [0.717, 1.165) is 16.9 Å². The second kappa shape index (κ2) is 9.86. The zero-order valence-corrected chi connectivity index (χ0v) is 18.3. The van der Waals surface area contributed by atoms with Gasteiger partial charge in [0, 0.05) is 19.3 Å². The molecule has 172 valence electrons. The standard InChI is InChI=1S/C25H22N4O5/c1-34-19-11-7-17(8-12-19)13-26-23(30)20-15-29-21(3-2-4-22(29)28-20)24(31)27-14-16-5-9-18(10-6-16)25(32)33/h2-12,15H,13-14H2,1H3,(H,26,30)(H,27,31)(H,32,33). The van der Waals surface area contributed by atoms with Crippen LogP contribution in [-0.2, 0) is 13.1 Å². The highest BCUT2D eigenvalue weighted by molar-refractivity contribution is 5.95. The first-order chi connectivity index (χ1) is 16.4. The molecule has 0 aliphatic heterocycles. The van der Waals surface area contributed by atoms with Gasteiger partial charge in [-0.3, -0.25) is 14.0 Å². The fraction of sp³-hybridized carbons (Fsp3) is 0.120. The van der Waals surface area contributed by atoms with E-state index in [1.165, 1.54) is 18.3 Å². The SMILES string of the molecule is COc1ccc(CNC(=O)c2cn3c(C(=O)NCc4ccc(C(=O)O)cc4)cccc3n2)cc1. The van der Waals surface area contributed by atoms with Crippen molar-refractivity contribution in [2.45, 2.75) is 13.1 Å². The molecule has 4 aromatic rings. The summed E-state index contributed by atoms with van der Waals surface area (Å²) in [6.45, 7) is 0.545. The molecule has 4 rings (SSSR count). The maximum atomic E-state index is 12.8. The van der Waals surface area contributed by atoms with Crippen LogP contribution in [0.15, 0.2) is 72.9 Å². The Labute approximate surface area is 195 Å². The van der Waals surface area contributed by atoms with Crippen LogP contribution < -0.4 is 15.4 Å². The van der Waals surface area contributed by atoms with Gasteiger partial charge in [-0.1, -0.05) is 30.3 Å². The number of imidazole rings is 1. The number of carbonyl (C=O) groups excluding carboxylic acids is 2. The molecule has 9 heteroatoms. The molecule has 0 saturated heterocycles. The summed E-state index contributed by atoms with van der Waals surface area (Å²) < 4.78 is 6.69. The highest BCUT2D eigenvalue weighted by atomic mass is 16.5. The Kier molecular flexibility index (Phi) is 6.54. The third-order valence-corrected chi connectivity index (χ3v) is 5.22. The minimum absolute atomic E-state index is 0.177. The van der Waals surface area contributed by atoms with E-state index < -0.39 is 5.97 Å². The lowest BCUT2D eigenvalue weighted by molar-refractivity contribution is 0.0696. The summed E-state index contributed by atoms with van der Waals surface area (Å²) in [5.41, 5.74) is 2.83. The number of carboxylic acid groups (broad SMARTS) is 1. The van der Waals surface area contributed by atoms with Crippen LogP contribution in [0.5, 0.6) is 5.75 Å². The monoisotopic (exact) mass is 458 g/mol. The number of benzene rings is 2. The molecule has 0 bridgehead atoms. The molecular weight excluding hydrogens is 436 g/mol. The number of nitrogens with one attached hydrogen (secondary N) is 2. The summed E-state index contributed by atoms with van der Waals surface area (Å²) in [7, 11) is 1.59. The number of ether oxygens (including phenoxy) is 1. The minimum atomic E-state index is -1.01. The number of pyridine rings is 1. The van der Waals surface area contributed by atoms with Gasteiger partial charge in [-0.15, -0.1) is 0 Å². The molecule has 0 atom stereocenters. The number of amides is 2. The molecule has 3 N–H and O–H groups in total. The number of methoxy groups -OCH3 is 1. The molecule has 2 amide bonds. The number of aromatic nitrogens is 2. The summed E-state index contributed by atoms with van der Waals surface area (Å²) in [5.74, 6) is -0.982. The molecule has 0 spiro atoms. The largest absolute Gasteiger partial charge is 0.497 e. The van der Waals surface area contributed by atoms with Gasteiger partial charge in [0.1, 0.15) is 22.8 Å². The maximum absolute atomic E-state index is 12.8. The zero-order valence-electron chi connectivity index (χ0n) is 18.3. The topological polar surface area (TPSA) is 122 Å². The first-order valence-electron chi connectivity index (χ1n) is 10.4. The summed E-state index contributed by atoms with van der Waals surface area (Å²) >= 11 is 0. The molecule has 0 saturated carbocycles. The van der Waals surface area contributed by atoms with E-state index in [1.54, 1.807) is 41.8 Å². The van der Waals surface area contributed by atoms with Crippen LogP contribution in [0.25, 0.3) is 5.65 Å². The van der Waals surface area contributed by atoms with Crippen molar-refractivity contribution in [1.29, 1.82) is 0 Å². The highest BCUT2D eigenvalue weighted by Crippen LogP contribution is 2.13. The average Bonchev–Trinajstić information content (AvgIpc) is 3.31. The molecule has 0 fully saturated rings. The van der Waals surface area contributed by atoms with Crippen molar-refractivity contribution in [3.8, 4) is 5.75 Å². The Hall–Kier alpha value is -4.66. The molecule has 2 heterocycles. The lowest BCUT2D eigenvalue weighted by Gasteiger charge is -2.07. The van der Waals surface area contributed by atoms with E-state index in [0.29, 0.717) is 17.9 Å². The van der Waals surface area contributed by atoms with Gasteiger partial charge in [0.2, 0.25) is 0 Å². The summed E-state index contributed by atoms with van der Waals surface area (Å²) in [6.07, 6.45) is 1.52. The second-order valence-corrected chi connectivity index (χ2v) is 7.48. The van der Waals surface area contributed by atoms with E-state index in [1.807, 2.05) is 24.3 Å². The Morgan fingerprint density at radius 3 is 2.12 bits per heavy atom. The van der Waals surface area contributed by atoms with Crippen LogP contribution >= 0.6 is 0 Å². The van der Waals surface area contributed by atoms with Gasteiger partial charge >= 0.3 is 5.97 Å². The van der Waals surface area contributed by atoms with Gasteiger partial charge in [-0.05, 0) is 47.5 Å². The van der Waals surface area contributed by atoms with Crippen molar-refractivity contribution in [2.24, 2.45) is 0 Å². The van der Waals surface area contributed by atoms with Gasteiger partial charge in [-0.25, -0.2) is 9.78 Å². The van der Waals surface area contributed by atoms with E-state index in [-0.39, 0.29) is 29.6 Å². The van der Waals surface area contributed by atoms with E-state index in [2.05, 4.69) is 15.6 Å². The van der Waals surface area contributed by atoms with Crippen molar-refractivity contribution in [3.05, 3.63) is 101 Å². The zero-order chi connectivity index (χ0) is 24.1. The fourth-order valence-corrected chi connectivity index (χ4v) is 3.36. The smallest absolute Gasteiger partial charge is 0.335 e. The number of nitrogens with zero attached hydrogens (tertiary/aromatic N) is 2. The van der Waals surface area contributed by atoms with Gasteiger partial charge in [0.25, 0.3) is 11.8 Å². The fourth-order valence-electron chi connectivity index (χ4n) is 3.36. The third kappa shape index (κ3) is 5.04. The molecule has 0 aliphatic carbocycles. The number of fused-ring (bicyclic) bond motifs is 1. The molecule has 2 aromatic heterocycles. The van der Waals surface area contributed by atoms with Crippen molar-refractivity contribution >= 4 is 23.4 Å². The Balaban J connectivity index is 1.43. The number of aromatic carboxylic acids is 1. The number of hydrogen-bond donors (Lipinski definition) is 3. The molecular formula is C25H22N4O5. The van der Waals surface area contributed by atoms with Crippen molar-refractivity contribution in [3.63, 3.8) is 0 Å². The second-order valence-electron chi connectivity index (χ2n) is 7.48. The highest BCUT2D eigenvalue weighted by Gasteiger charge is 2.15. The van der Waals surface area contributed by atoms with Crippen LogP contribution in [0, 0.1) is 0 Å². The predicted octanol–water partition coefficient (Wildman–Crippen LogP) is 2.90. The first-order valence-corrected chi connectivity index (χ1v) is 10.4.